The van der Waals surface area contributed by atoms with E-state index in [1.165, 1.54) is 5.56 Å². The molecule has 0 amide bonds. The number of hydrogen-bond acceptors (Lipinski definition) is 3. The molecule has 0 spiro atoms. The van der Waals surface area contributed by atoms with Crippen molar-refractivity contribution >= 4 is 0 Å². The second-order valence-corrected chi connectivity index (χ2v) is 4.65. The lowest BCUT2D eigenvalue weighted by Crippen LogP contribution is -2.59. The van der Waals surface area contributed by atoms with Crippen LogP contribution >= 0.6 is 0 Å². The van der Waals surface area contributed by atoms with Crippen molar-refractivity contribution < 1.29 is 5.11 Å². The Morgan fingerprint density at radius 1 is 1.31 bits per heavy atom. The number of β-amino-alcohol motifs (C(OH)–C–C–N with tert-alkyl or cyclic N) is 1. The minimum atomic E-state index is -0.362. The van der Waals surface area contributed by atoms with Crippen molar-refractivity contribution in [1.29, 1.82) is 0 Å². The molecule has 1 aromatic carbocycles. The van der Waals surface area contributed by atoms with Gasteiger partial charge in [0.2, 0.25) is 0 Å². The molecular formula is C13H20N2O. The van der Waals surface area contributed by atoms with E-state index in [-0.39, 0.29) is 11.6 Å². The number of hydrogen-bond donors (Lipinski definition) is 2. The Hall–Kier alpha value is -0.900. The van der Waals surface area contributed by atoms with Crippen molar-refractivity contribution in [2.45, 2.75) is 18.1 Å². The topological polar surface area (TPSA) is 35.5 Å². The molecule has 3 heteroatoms. The molecule has 0 unspecified atom stereocenters. The minimum absolute atomic E-state index is 0.244. The van der Waals surface area contributed by atoms with Crippen LogP contribution in [0.25, 0.3) is 0 Å². The van der Waals surface area contributed by atoms with E-state index in [2.05, 4.69) is 22.3 Å². The highest BCUT2D eigenvalue weighted by Gasteiger charge is 2.43. The van der Waals surface area contributed by atoms with Gasteiger partial charge in [0.1, 0.15) is 0 Å². The van der Waals surface area contributed by atoms with Crippen LogP contribution in [0.15, 0.2) is 30.3 Å². The van der Waals surface area contributed by atoms with E-state index in [1.54, 1.807) is 0 Å². The first-order chi connectivity index (χ1) is 7.68. The van der Waals surface area contributed by atoms with Crippen LogP contribution in [0.3, 0.4) is 0 Å². The molecule has 3 nitrogen and oxygen atoms in total. The standard InChI is InChI=1S/C13H20N2O/c1-15(2)13(8-9-14-10-12(13)16)11-6-4-3-5-7-11/h3-7,12,14,16H,8-10H2,1-2H3/t12-,13+/m1/s1. The third-order valence-corrected chi connectivity index (χ3v) is 3.64. The third kappa shape index (κ3) is 1.75. The molecule has 0 saturated carbocycles. The summed E-state index contributed by atoms with van der Waals surface area (Å²) in [5.41, 5.74) is 0.959. The molecule has 16 heavy (non-hydrogen) atoms. The molecule has 2 rings (SSSR count). The van der Waals surface area contributed by atoms with Crippen molar-refractivity contribution in [1.82, 2.24) is 10.2 Å². The molecule has 1 aliphatic rings. The monoisotopic (exact) mass is 220 g/mol. The number of aliphatic hydroxyl groups excluding tert-OH is 1. The Balaban J connectivity index is 2.42. The molecule has 88 valence electrons. The Morgan fingerprint density at radius 2 is 2.00 bits per heavy atom. The van der Waals surface area contributed by atoms with Gasteiger partial charge < -0.3 is 10.4 Å². The highest BCUT2D eigenvalue weighted by atomic mass is 16.3. The summed E-state index contributed by atoms with van der Waals surface area (Å²) in [5.74, 6) is 0. The van der Waals surface area contributed by atoms with Crippen LogP contribution in [0.5, 0.6) is 0 Å². The smallest absolute Gasteiger partial charge is 0.0889 e. The van der Waals surface area contributed by atoms with Crippen molar-refractivity contribution in [3.05, 3.63) is 35.9 Å². The molecule has 2 atom stereocenters. The molecule has 1 aliphatic heterocycles. The normalized spacial score (nSPS) is 30.6. The molecule has 1 aromatic rings. The van der Waals surface area contributed by atoms with Gasteiger partial charge in [0.05, 0.1) is 11.6 Å². The first-order valence-corrected chi connectivity index (χ1v) is 5.79. The summed E-state index contributed by atoms with van der Waals surface area (Å²) in [7, 11) is 4.09. The van der Waals surface area contributed by atoms with E-state index in [4.69, 9.17) is 0 Å². The van der Waals surface area contributed by atoms with Gasteiger partial charge in [-0.05, 0) is 32.6 Å². The third-order valence-electron chi connectivity index (χ3n) is 3.64. The van der Waals surface area contributed by atoms with Gasteiger partial charge in [-0.15, -0.1) is 0 Å². The predicted molar refractivity (Wildman–Crippen MR) is 65.3 cm³/mol. The number of benzene rings is 1. The first kappa shape index (κ1) is 11.6. The molecule has 0 aliphatic carbocycles. The van der Waals surface area contributed by atoms with E-state index < -0.39 is 0 Å². The largest absolute Gasteiger partial charge is 0.389 e. The molecule has 0 bridgehead atoms. The lowest BCUT2D eigenvalue weighted by Gasteiger charge is -2.47. The maximum atomic E-state index is 10.3. The summed E-state index contributed by atoms with van der Waals surface area (Å²) in [5, 5.41) is 13.6. The van der Waals surface area contributed by atoms with E-state index >= 15 is 0 Å². The molecule has 1 heterocycles. The van der Waals surface area contributed by atoms with Crippen molar-refractivity contribution in [3.63, 3.8) is 0 Å². The lowest BCUT2D eigenvalue weighted by atomic mass is 9.78. The van der Waals surface area contributed by atoms with Gasteiger partial charge >= 0.3 is 0 Å². The zero-order valence-electron chi connectivity index (χ0n) is 9.98. The van der Waals surface area contributed by atoms with Crippen molar-refractivity contribution in [2.24, 2.45) is 0 Å². The van der Waals surface area contributed by atoms with Gasteiger partial charge in [0.25, 0.3) is 0 Å². The molecular weight excluding hydrogens is 200 g/mol. The van der Waals surface area contributed by atoms with Gasteiger partial charge in [0.15, 0.2) is 0 Å². The van der Waals surface area contributed by atoms with Crippen LogP contribution in [-0.4, -0.2) is 43.3 Å². The molecule has 2 N–H and O–H groups in total. The number of rotatable bonds is 2. The highest BCUT2D eigenvalue weighted by Crippen LogP contribution is 2.35. The van der Waals surface area contributed by atoms with Crippen molar-refractivity contribution in [2.75, 3.05) is 27.2 Å². The number of piperidine rings is 1. The summed E-state index contributed by atoms with van der Waals surface area (Å²) in [6.45, 7) is 1.61. The van der Waals surface area contributed by atoms with Gasteiger partial charge in [-0.3, -0.25) is 4.90 Å². The van der Waals surface area contributed by atoms with Crippen LogP contribution in [0.1, 0.15) is 12.0 Å². The molecule has 0 aromatic heterocycles. The molecule has 1 saturated heterocycles. The summed E-state index contributed by atoms with van der Waals surface area (Å²) in [6.07, 6.45) is 0.573. The first-order valence-electron chi connectivity index (χ1n) is 5.79. The van der Waals surface area contributed by atoms with E-state index in [9.17, 15) is 5.11 Å². The average molecular weight is 220 g/mol. The summed E-state index contributed by atoms with van der Waals surface area (Å²) in [6, 6.07) is 10.3. The van der Waals surface area contributed by atoms with Crippen molar-refractivity contribution in [3.8, 4) is 0 Å². The SMILES string of the molecule is CN(C)[C@]1(c2ccccc2)CCNC[C@H]1O. The maximum Gasteiger partial charge on any atom is 0.0889 e. The van der Waals surface area contributed by atoms with E-state index in [0.717, 1.165) is 13.0 Å². The lowest BCUT2D eigenvalue weighted by molar-refractivity contribution is -0.0321. The summed E-state index contributed by atoms with van der Waals surface area (Å²) >= 11 is 0. The highest BCUT2D eigenvalue weighted by molar-refractivity contribution is 5.27. The van der Waals surface area contributed by atoms with Crippen LogP contribution in [0.4, 0.5) is 0 Å². The number of aliphatic hydroxyl groups is 1. The maximum absolute atomic E-state index is 10.3. The fourth-order valence-electron chi connectivity index (χ4n) is 2.70. The Morgan fingerprint density at radius 3 is 2.56 bits per heavy atom. The van der Waals surface area contributed by atoms with Crippen LogP contribution < -0.4 is 5.32 Å². The minimum Gasteiger partial charge on any atom is -0.389 e. The van der Waals surface area contributed by atoms with Gasteiger partial charge in [-0.25, -0.2) is 0 Å². The second-order valence-electron chi connectivity index (χ2n) is 4.65. The van der Waals surface area contributed by atoms with Gasteiger partial charge in [-0.2, -0.15) is 0 Å². The fraction of sp³-hybridized carbons (Fsp3) is 0.538. The van der Waals surface area contributed by atoms with Gasteiger partial charge in [-0.1, -0.05) is 30.3 Å². The fourth-order valence-corrected chi connectivity index (χ4v) is 2.70. The van der Waals surface area contributed by atoms with E-state index in [0.29, 0.717) is 6.54 Å². The predicted octanol–water partition coefficient (Wildman–Crippen LogP) is 0.798. The summed E-state index contributed by atoms with van der Waals surface area (Å²) < 4.78 is 0. The van der Waals surface area contributed by atoms with Crippen LogP contribution in [0.2, 0.25) is 0 Å². The zero-order chi connectivity index (χ0) is 11.6. The number of nitrogens with one attached hydrogen (secondary N) is 1. The van der Waals surface area contributed by atoms with Gasteiger partial charge in [0, 0.05) is 6.54 Å². The molecule has 0 radical (unpaired) electrons. The second kappa shape index (κ2) is 4.53. The average Bonchev–Trinajstić information content (AvgIpc) is 2.30. The van der Waals surface area contributed by atoms with E-state index in [1.807, 2.05) is 32.3 Å². The number of nitrogens with zero attached hydrogens (tertiary/aromatic N) is 1. The van der Waals surface area contributed by atoms with Crippen LogP contribution in [-0.2, 0) is 5.54 Å². The quantitative estimate of drug-likeness (QED) is 0.774. The Labute approximate surface area is 97.1 Å². The zero-order valence-corrected chi connectivity index (χ0v) is 9.98. The molecule has 1 fully saturated rings. The number of likely N-dealkylation sites (N-methyl/N-ethyl adjacent to an activating group) is 1. The Bertz CT molecular complexity index is 339. The summed E-state index contributed by atoms with van der Waals surface area (Å²) in [4.78, 5) is 2.15. The van der Waals surface area contributed by atoms with Crippen LogP contribution in [0, 0.1) is 0 Å². The Kier molecular flexibility index (Phi) is 3.28.